The normalized spacial score (nSPS) is 0. The van der Waals surface area contributed by atoms with E-state index in [1.54, 1.807) is 0 Å². The molecular formula is Ga3Ir3P7. The molecule has 0 N–H and O–H groups in total. The Morgan fingerprint density at radius 2 is 0.231 bits per heavy atom. The van der Waals surface area contributed by atoms with Crippen molar-refractivity contribution in [1.29, 1.82) is 0 Å². The Morgan fingerprint density at radius 3 is 0.231 bits per heavy atom. The van der Waals surface area contributed by atoms with Crippen molar-refractivity contribution in [3.8, 4) is 0 Å². The van der Waals surface area contributed by atoms with Crippen molar-refractivity contribution in [2.75, 3.05) is 0 Å². The molecule has 0 atom stereocenters. The molecule has 3 radical (unpaired) electrons. The van der Waals surface area contributed by atoms with Crippen LogP contribution >= 0.6 is 69.3 Å². The summed E-state index contributed by atoms with van der Waals surface area (Å²) >= 11 is 0. The summed E-state index contributed by atoms with van der Waals surface area (Å²) in [6.07, 6.45) is 0. The molecule has 0 fully saturated rings. The van der Waals surface area contributed by atoms with Crippen LogP contribution in [0.4, 0.5) is 0 Å². The predicted octanol–water partition coefficient (Wildman–Crippen LogP) is 4.88. The first-order valence-corrected chi connectivity index (χ1v) is 0. The molecular weight excluding hydrogens is 1000 g/mol. The molecule has 0 aromatic carbocycles. The first-order valence-electron chi connectivity index (χ1n) is 0. The third-order valence-corrected chi connectivity index (χ3v) is 0. The number of hydrogen-bond donors (Lipinski definition) is 0. The predicted molar refractivity (Wildman–Crippen MR) is 65.7 cm³/mol. The average Bonchev–Trinajstić information content (AvgIpc) is 0. The van der Waals surface area contributed by atoms with Crippen LogP contribution in [0.3, 0.4) is 0 Å². The second-order valence-corrected chi connectivity index (χ2v) is 0. The van der Waals surface area contributed by atoms with Crippen LogP contribution in [-0.4, -0.2) is 59.4 Å². The summed E-state index contributed by atoms with van der Waals surface area (Å²) in [6, 6.07) is 0. The largest absolute Gasteiger partial charge is 4.00 e. The van der Waals surface area contributed by atoms with Gasteiger partial charge >= 0.3 is 120 Å². The molecule has 0 unspecified atom stereocenters. The Bertz CT molecular complexity index is 18.9. The van der Waals surface area contributed by atoms with Crippen molar-refractivity contribution in [2.24, 2.45) is 0 Å². The summed E-state index contributed by atoms with van der Waals surface area (Å²) in [5.74, 6) is 0. The van der Waals surface area contributed by atoms with E-state index in [1.165, 1.54) is 0 Å². The molecule has 0 spiro atoms. The zero-order valence-electron chi connectivity index (χ0n) is 5.86. The molecule has 0 nitrogen and oxygen atoms in total. The van der Waals surface area contributed by atoms with Crippen LogP contribution in [0.25, 0.3) is 0 Å². The number of rotatable bonds is 0. The van der Waals surface area contributed by atoms with E-state index in [0.717, 1.165) is 0 Å². The zero-order valence-corrected chi connectivity index (χ0v) is 26.6. The Labute approximate surface area is 186 Å². The third-order valence-electron chi connectivity index (χ3n) is 0. The molecule has 0 saturated heterocycles. The van der Waals surface area contributed by atoms with Crippen molar-refractivity contribution in [3.05, 3.63) is 0 Å². The van der Waals surface area contributed by atoms with Crippen LogP contribution in [0.1, 0.15) is 0 Å². The van der Waals surface area contributed by atoms with Crippen molar-refractivity contribution in [3.63, 3.8) is 0 Å². The van der Waals surface area contributed by atoms with Gasteiger partial charge in [0, 0.05) is 0 Å². The van der Waals surface area contributed by atoms with Crippen molar-refractivity contribution < 1.29 is 60.3 Å². The smallest absolute Gasteiger partial charge is 3.00 e. The first-order chi connectivity index (χ1) is 0. The van der Waals surface area contributed by atoms with Gasteiger partial charge in [-0.1, -0.05) is 0 Å². The molecule has 0 bridgehead atoms. The third kappa shape index (κ3) is 114. The van der Waals surface area contributed by atoms with Crippen LogP contribution < -0.4 is 0 Å². The molecule has 71 valence electrons. The maximum absolute atomic E-state index is 0. The van der Waals surface area contributed by atoms with E-state index in [-0.39, 0.29) is 189 Å². The van der Waals surface area contributed by atoms with Gasteiger partial charge in [0.15, 0.2) is 0 Å². The van der Waals surface area contributed by atoms with E-state index < -0.39 is 0 Å². The molecule has 0 aromatic rings. The fraction of sp³-hybridized carbons (Fsp3) is 0. The molecule has 0 aromatic heterocycles. The zero-order chi connectivity index (χ0) is 0. The van der Waals surface area contributed by atoms with E-state index in [9.17, 15) is 0 Å². The van der Waals surface area contributed by atoms with Gasteiger partial charge in [0.2, 0.25) is 0 Å². The van der Waals surface area contributed by atoms with Gasteiger partial charge in [-0.25, -0.2) is 0 Å². The van der Waals surface area contributed by atoms with E-state index in [4.69, 9.17) is 0 Å². The maximum Gasteiger partial charge on any atom is 4.00 e. The molecule has 0 heterocycles. The minimum Gasteiger partial charge on any atom is -3.00 e. The van der Waals surface area contributed by atoms with Gasteiger partial charge in [0.05, 0.1) is 0 Å². The monoisotopic (exact) mass is 1000 g/mol. The molecule has 0 aliphatic rings. The van der Waals surface area contributed by atoms with Gasteiger partial charge in [0.25, 0.3) is 0 Å². The summed E-state index contributed by atoms with van der Waals surface area (Å²) in [4.78, 5) is 0. The quantitative estimate of drug-likeness (QED) is 0.240. The van der Waals surface area contributed by atoms with Gasteiger partial charge in [-0.3, -0.25) is 0 Å². The Kier molecular flexibility index (Phi) is 1470. The van der Waals surface area contributed by atoms with Gasteiger partial charge in [-0.2, -0.15) is 0 Å². The van der Waals surface area contributed by atoms with Crippen molar-refractivity contribution in [2.45, 2.75) is 0 Å². The fourth-order valence-corrected chi connectivity index (χ4v) is 0. The molecule has 13 heteroatoms. The average molecular weight is 1000 g/mol. The van der Waals surface area contributed by atoms with Crippen LogP contribution in [0.2, 0.25) is 0 Å². The van der Waals surface area contributed by atoms with Crippen molar-refractivity contribution >= 4 is 129 Å². The Hall–Kier alpha value is 6.87. The van der Waals surface area contributed by atoms with Crippen LogP contribution in [0.15, 0.2) is 0 Å². The van der Waals surface area contributed by atoms with Gasteiger partial charge in [-0.05, 0) is 0 Å². The van der Waals surface area contributed by atoms with E-state index in [2.05, 4.69) is 0 Å². The Morgan fingerprint density at radius 1 is 0.231 bits per heavy atom. The van der Waals surface area contributed by atoms with E-state index in [1.807, 2.05) is 0 Å². The topological polar surface area (TPSA) is 0 Å². The summed E-state index contributed by atoms with van der Waals surface area (Å²) in [7, 11) is 0. The van der Waals surface area contributed by atoms with E-state index >= 15 is 0 Å². The van der Waals surface area contributed by atoms with Gasteiger partial charge < -0.3 is 69.3 Å². The molecule has 0 amide bonds. The maximum atomic E-state index is 0. The minimum absolute atomic E-state index is 0. The van der Waals surface area contributed by atoms with Crippen LogP contribution in [-0.2, 0) is 60.3 Å². The molecule has 0 aliphatic heterocycles. The second kappa shape index (κ2) is 128. The van der Waals surface area contributed by atoms with Gasteiger partial charge in [-0.15, -0.1) is 0 Å². The van der Waals surface area contributed by atoms with Crippen molar-refractivity contribution in [1.82, 2.24) is 0 Å². The SMILES string of the molecule is [Ga+3].[Ga+3].[Ga+3].[Ir+4].[Ir+4].[Ir+4].[P-3].[P-3].[P-3].[P-3].[P-3].[P-3].[P-3]. The molecule has 0 aliphatic carbocycles. The van der Waals surface area contributed by atoms with Gasteiger partial charge in [0.1, 0.15) is 0 Å². The minimum atomic E-state index is 0. The number of hydrogen-bond acceptors (Lipinski definition) is 0. The fourth-order valence-electron chi connectivity index (χ4n) is 0. The van der Waals surface area contributed by atoms with Crippen LogP contribution in [0, 0.1) is 0 Å². The first kappa shape index (κ1) is 150. The standard InChI is InChI=1S/3Ga.3Ir.7P/q3*+3;3*+4;7*-3. The molecule has 0 rings (SSSR count). The van der Waals surface area contributed by atoms with E-state index in [0.29, 0.717) is 0 Å². The summed E-state index contributed by atoms with van der Waals surface area (Å²) in [5, 5.41) is 0. The molecule has 0 saturated carbocycles. The van der Waals surface area contributed by atoms with Crippen LogP contribution in [0.5, 0.6) is 0 Å². The molecule has 13 heavy (non-hydrogen) atoms. The summed E-state index contributed by atoms with van der Waals surface area (Å²) < 4.78 is 0. The Balaban J connectivity index is 0. The summed E-state index contributed by atoms with van der Waals surface area (Å²) in [5.41, 5.74) is 0. The summed E-state index contributed by atoms with van der Waals surface area (Å²) in [6.45, 7) is 0. The second-order valence-electron chi connectivity index (χ2n) is 0.